The number of hydrogen-bond acceptors (Lipinski definition) is 3. The Morgan fingerprint density at radius 1 is 1.00 bits per heavy atom. The molecule has 0 aromatic heterocycles. The van der Waals surface area contributed by atoms with Gasteiger partial charge in [0.25, 0.3) is 0 Å². The first-order valence-electron chi connectivity index (χ1n) is 0.612. The second kappa shape index (κ2) is 4.98. The summed E-state index contributed by atoms with van der Waals surface area (Å²) in [6, 6.07) is 0. The third-order valence-corrected chi connectivity index (χ3v) is 0. The molecule has 0 spiro atoms. The molecule has 5 heteroatoms. The van der Waals surface area contributed by atoms with Gasteiger partial charge in [-0.3, -0.25) is 0 Å². The summed E-state index contributed by atoms with van der Waals surface area (Å²) in [5.74, 6) is 0. The molecule has 0 radical (unpaired) electrons. The normalized spacial score (nSPS) is 3.00. The maximum absolute atomic E-state index is 8.58. The van der Waals surface area contributed by atoms with E-state index in [0.29, 0.717) is 0 Å². The van der Waals surface area contributed by atoms with E-state index in [1.165, 1.54) is 0 Å². The van der Waals surface area contributed by atoms with Gasteiger partial charge in [0.1, 0.15) is 0 Å². The van der Waals surface area contributed by atoms with Crippen molar-refractivity contribution in [3.63, 3.8) is 0 Å². The third kappa shape index (κ3) is 45.8. The van der Waals surface area contributed by atoms with Crippen molar-refractivity contribution < 1.29 is 27.8 Å². The Morgan fingerprint density at radius 3 is 1.00 bits per heavy atom. The van der Waals surface area contributed by atoms with Crippen molar-refractivity contribution >= 4 is 25.8 Å². The van der Waals surface area contributed by atoms with Gasteiger partial charge in [-0.05, 0) is 0 Å². The average Bonchev–Trinajstić information content (AvgIpc) is 0.811. The molecule has 0 rings (SSSR count). The molecule has 0 saturated carbocycles. The summed E-state index contributed by atoms with van der Waals surface area (Å²) in [6.07, 6.45) is 0. The predicted octanol–water partition coefficient (Wildman–Crippen LogP) is -1.54. The molecule has 0 fully saturated rings. The van der Waals surface area contributed by atoms with E-state index in [0.717, 1.165) is 0 Å². The van der Waals surface area contributed by atoms with E-state index < -0.39 is 17.8 Å². The minimum absolute atomic E-state index is 0. The summed E-state index contributed by atoms with van der Waals surface area (Å²) in [7, 11) is 0. The van der Waals surface area contributed by atoms with Crippen molar-refractivity contribution in [1.82, 2.24) is 0 Å². The SMILES string of the molecule is [InH3].[O]=[Ti](=[O])=[O]. The second-order valence-corrected chi connectivity index (χ2v) is 1.03. The monoisotopic (exact) mass is 214 g/mol. The number of hydrogen-bond donors (Lipinski definition) is 0. The Bertz CT molecular complexity index is 76.3. The fourth-order valence-electron chi connectivity index (χ4n) is 0. The van der Waals surface area contributed by atoms with Crippen LogP contribution in [0.1, 0.15) is 0 Å². The van der Waals surface area contributed by atoms with E-state index in [1.807, 2.05) is 0 Å². The van der Waals surface area contributed by atoms with Gasteiger partial charge in [0.2, 0.25) is 0 Å². The molecule has 0 aliphatic carbocycles. The van der Waals surface area contributed by atoms with Crippen LogP contribution in [-0.4, -0.2) is 25.8 Å². The Kier molecular flexibility index (Phi) is 9.34. The first kappa shape index (κ1) is 9.37. The summed E-state index contributed by atoms with van der Waals surface area (Å²) in [5.41, 5.74) is 0. The molecule has 0 atom stereocenters. The van der Waals surface area contributed by atoms with Crippen LogP contribution in [0, 0.1) is 0 Å². The third-order valence-electron chi connectivity index (χ3n) is 0. The van der Waals surface area contributed by atoms with E-state index in [1.54, 1.807) is 0 Å². The van der Waals surface area contributed by atoms with Crippen LogP contribution >= 0.6 is 0 Å². The van der Waals surface area contributed by atoms with Gasteiger partial charge in [0.05, 0.1) is 0 Å². The van der Waals surface area contributed by atoms with Gasteiger partial charge in [-0.1, -0.05) is 0 Å². The first-order chi connectivity index (χ1) is 1.73. The van der Waals surface area contributed by atoms with E-state index >= 15 is 0 Å². The van der Waals surface area contributed by atoms with Crippen molar-refractivity contribution in [2.45, 2.75) is 0 Å². The van der Waals surface area contributed by atoms with E-state index in [2.05, 4.69) is 0 Å². The van der Waals surface area contributed by atoms with Crippen LogP contribution in [0.3, 0.4) is 0 Å². The van der Waals surface area contributed by atoms with Gasteiger partial charge in [0, 0.05) is 0 Å². The Labute approximate surface area is 53.3 Å². The van der Waals surface area contributed by atoms with Gasteiger partial charge in [0.15, 0.2) is 0 Å². The molecule has 0 bridgehead atoms. The topological polar surface area (TPSA) is 51.2 Å². The maximum atomic E-state index is 8.58. The van der Waals surface area contributed by atoms with Crippen LogP contribution in [-0.2, 0) is 27.8 Å². The van der Waals surface area contributed by atoms with Gasteiger partial charge < -0.3 is 0 Å². The molecule has 3 nitrogen and oxygen atoms in total. The van der Waals surface area contributed by atoms with Crippen molar-refractivity contribution in [2.75, 3.05) is 0 Å². The number of rotatable bonds is 0. The summed E-state index contributed by atoms with van der Waals surface area (Å²) in [4.78, 5) is 0. The Morgan fingerprint density at radius 2 is 1.00 bits per heavy atom. The van der Waals surface area contributed by atoms with Crippen LogP contribution in [0.15, 0.2) is 0 Å². The average molecular weight is 214 g/mol. The molecule has 0 saturated heterocycles. The fraction of sp³-hybridized carbons (Fsp3) is 0. The molecular formula is H3InO3Ti. The van der Waals surface area contributed by atoms with E-state index in [4.69, 9.17) is 9.97 Å². The summed E-state index contributed by atoms with van der Waals surface area (Å²) in [6.45, 7) is 0. The molecule has 5 heavy (non-hydrogen) atoms. The standard InChI is InChI=1S/In.3O.Ti.3H. The zero-order valence-corrected chi connectivity index (χ0v) is 3.29. The predicted molar refractivity (Wildman–Crippen MR) is 12.0 cm³/mol. The van der Waals surface area contributed by atoms with Crippen LogP contribution in [0.25, 0.3) is 0 Å². The van der Waals surface area contributed by atoms with Gasteiger partial charge in [-0.15, -0.1) is 0 Å². The zero-order chi connectivity index (χ0) is 3.58. The molecule has 0 aromatic carbocycles. The second-order valence-electron chi connectivity index (χ2n) is 0.250. The van der Waals surface area contributed by atoms with Crippen LogP contribution in [0.4, 0.5) is 0 Å². The van der Waals surface area contributed by atoms with Crippen molar-refractivity contribution in [3.8, 4) is 0 Å². The minimum atomic E-state index is -4.08. The Hall–Kier alpha value is 0.984. The summed E-state index contributed by atoms with van der Waals surface area (Å²) >= 11 is -4.08. The van der Waals surface area contributed by atoms with Crippen molar-refractivity contribution in [1.29, 1.82) is 0 Å². The molecule has 0 unspecified atom stereocenters. The molecule has 28 valence electrons. The molecular weight excluding hydrogens is 211 g/mol. The summed E-state index contributed by atoms with van der Waals surface area (Å²) in [5, 5.41) is 0. The molecule has 0 amide bonds. The fourth-order valence-corrected chi connectivity index (χ4v) is 0. The molecule has 0 heterocycles. The van der Waals surface area contributed by atoms with Crippen LogP contribution in [0.5, 0.6) is 0 Å². The van der Waals surface area contributed by atoms with E-state index in [-0.39, 0.29) is 25.8 Å². The molecule has 0 aliphatic heterocycles. The van der Waals surface area contributed by atoms with E-state index in [9.17, 15) is 0 Å². The van der Waals surface area contributed by atoms with Crippen LogP contribution < -0.4 is 0 Å². The zero-order valence-electron chi connectivity index (χ0n) is 1.72. The van der Waals surface area contributed by atoms with Crippen molar-refractivity contribution in [3.05, 3.63) is 0 Å². The summed E-state index contributed by atoms with van der Waals surface area (Å²) < 4.78 is 25.8. The van der Waals surface area contributed by atoms with Gasteiger partial charge in [-0.2, -0.15) is 0 Å². The molecule has 0 aliphatic rings. The quantitative estimate of drug-likeness (QED) is 0.459. The molecule has 0 aromatic rings. The van der Waals surface area contributed by atoms with Crippen molar-refractivity contribution in [2.24, 2.45) is 0 Å². The Balaban J connectivity index is 0. The van der Waals surface area contributed by atoms with Crippen LogP contribution in [0.2, 0.25) is 0 Å². The van der Waals surface area contributed by atoms with Gasteiger partial charge >= 0.3 is 53.6 Å². The van der Waals surface area contributed by atoms with Gasteiger partial charge in [-0.25, -0.2) is 0 Å². The first-order valence-corrected chi connectivity index (χ1v) is 2.52. The molecule has 0 N–H and O–H groups in total.